The zero-order chi connectivity index (χ0) is 18.2. The van der Waals surface area contributed by atoms with Crippen molar-refractivity contribution in [2.45, 2.75) is 13.0 Å². The third-order valence-corrected chi connectivity index (χ3v) is 4.83. The molecule has 3 aromatic heterocycles. The number of nitrogens with one attached hydrogen (secondary N) is 1. The van der Waals surface area contributed by atoms with E-state index in [0.29, 0.717) is 18.7 Å². The Morgan fingerprint density at radius 2 is 2.00 bits per heavy atom. The first kappa shape index (κ1) is 15.7. The second-order valence-corrected chi connectivity index (χ2v) is 6.35. The number of ether oxygens (including phenoxy) is 1. The van der Waals surface area contributed by atoms with E-state index in [9.17, 15) is 4.39 Å². The number of hydrogen-bond donors (Lipinski definition) is 1. The van der Waals surface area contributed by atoms with Gasteiger partial charge in [-0.2, -0.15) is 0 Å². The van der Waals surface area contributed by atoms with Crippen molar-refractivity contribution >= 4 is 11.5 Å². The molecule has 0 fully saturated rings. The minimum atomic E-state index is -0.222. The van der Waals surface area contributed by atoms with Crippen molar-refractivity contribution < 1.29 is 9.13 Å². The van der Waals surface area contributed by atoms with Crippen molar-refractivity contribution in [3.63, 3.8) is 0 Å². The number of hydrogen-bond acceptors (Lipinski definition) is 5. The molecule has 4 aromatic rings. The maximum atomic E-state index is 14.4. The summed E-state index contributed by atoms with van der Waals surface area (Å²) in [4.78, 5) is 4.05. The van der Waals surface area contributed by atoms with Gasteiger partial charge in [-0.1, -0.05) is 0 Å². The van der Waals surface area contributed by atoms with Gasteiger partial charge in [0.2, 0.25) is 0 Å². The van der Waals surface area contributed by atoms with Crippen LogP contribution in [0.2, 0.25) is 0 Å². The molecule has 0 saturated heterocycles. The van der Waals surface area contributed by atoms with Gasteiger partial charge >= 0.3 is 0 Å². The molecule has 0 radical (unpaired) electrons. The van der Waals surface area contributed by atoms with Crippen LogP contribution in [0.5, 0.6) is 5.75 Å². The summed E-state index contributed by atoms with van der Waals surface area (Å²) in [6.07, 6.45) is 5.87. The van der Waals surface area contributed by atoms with Crippen LogP contribution in [-0.4, -0.2) is 26.2 Å². The molecule has 6 nitrogen and oxygen atoms in total. The highest BCUT2D eigenvalue weighted by atomic mass is 19.1. The highest BCUT2D eigenvalue weighted by Gasteiger charge is 2.19. The highest BCUT2D eigenvalue weighted by molar-refractivity contribution is 5.78. The van der Waals surface area contributed by atoms with Crippen LogP contribution in [0.25, 0.3) is 16.8 Å². The number of aromatic nitrogens is 4. The fraction of sp³-hybridized carbons (Fsp3) is 0.150. The number of benzene rings is 1. The third-order valence-electron chi connectivity index (χ3n) is 4.83. The first-order valence-electron chi connectivity index (χ1n) is 8.71. The summed E-state index contributed by atoms with van der Waals surface area (Å²) in [6.45, 7) is 0.961. The molecule has 4 heterocycles. The molecule has 1 aliphatic heterocycles. The summed E-state index contributed by atoms with van der Waals surface area (Å²) < 4.78 is 21.8. The fourth-order valence-corrected chi connectivity index (χ4v) is 3.50. The van der Waals surface area contributed by atoms with Crippen molar-refractivity contribution in [3.8, 4) is 16.9 Å². The summed E-state index contributed by atoms with van der Waals surface area (Å²) >= 11 is 0. The number of anilines is 1. The summed E-state index contributed by atoms with van der Waals surface area (Å²) in [5.74, 6) is 1.35. The van der Waals surface area contributed by atoms with Gasteiger partial charge in [0.05, 0.1) is 6.61 Å². The van der Waals surface area contributed by atoms with Crippen molar-refractivity contribution in [1.29, 1.82) is 0 Å². The lowest BCUT2D eigenvalue weighted by atomic mass is 10.0. The Labute approximate surface area is 154 Å². The van der Waals surface area contributed by atoms with Gasteiger partial charge in [-0.05, 0) is 42.0 Å². The molecule has 1 N–H and O–H groups in total. The van der Waals surface area contributed by atoms with Gasteiger partial charge in [0.15, 0.2) is 5.65 Å². The molecule has 134 valence electrons. The van der Waals surface area contributed by atoms with Crippen LogP contribution in [0.3, 0.4) is 0 Å². The Balaban J connectivity index is 1.49. The normalized spacial score (nSPS) is 12.8. The minimum Gasteiger partial charge on any atom is -0.493 e. The van der Waals surface area contributed by atoms with Gasteiger partial charge in [0, 0.05) is 42.0 Å². The van der Waals surface area contributed by atoms with Gasteiger partial charge in [-0.25, -0.2) is 4.39 Å². The Bertz CT molecular complexity index is 1130. The zero-order valence-electron chi connectivity index (χ0n) is 14.4. The van der Waals surface area contributed by atoms with Crippen LogP contribution in [0.4, 0.5) is 10.2 Å². The Morgan fingerprint density at radius 3 is 2.89 bits per heavy atom. The first-order chi connectivity index (χ1) is 13.3. The number of pyridine rings is 2. The molecular formula is C20H16FN5O. The maximum Gasteiger partial charge on any atom is 0.170 e. The van der Waals surface area contributed by atoms with E-state index >= 15 is 0 Å². The number of fused-ring (bicyclic) bond motifs is 2. The molecule has 7 heteroatoms. The van der Waals surface area contributed by atoms with Crippen LogP contribution in [0.15, 0.2) is 55.1 Å². The third kappa shape index (κ3) is 2.68. The molecular weight excluding hydrogens is 345 g/mol. The van der Waals surface area contributed by atoms with E-state index in [4.69, 9.17) is 4.74 Å². The van der Waals surface area contributed by atoms with E-state index in [1.165, 1.54) is 6.07 Å². The number of halogens is 1. The Morgan fingerprint density at radius 1 is 1.11 bits per heavy atom. The molecule has 0 aliphatic carbocycles. The second kappa shape index (κ2) is 6.35. The molecule has 27 heavy (non-hydrogen) atoms. The van der Waals surface area contributed by atoms with Crippen LogP contribution < -0.4 is 10.1 Å². The summed E-state index contributed by atoms with van der Waals surface area (Å²) in [5, 5.41) is 11.6. The van der Waals surface area contributed by atoms with E-state index in [2.05, 4.69) is 20.5 Å². The molecule has 1 aliphatic rings. The second-order valence-electron chi connectivity index (χ2n) is 6.35. The Kier molecular flexibility index (Phi) is 3.71. The van der Waals surface area contributed by atoms with Crippen LogP contribution in [0.1, 0.15) is 11.1 Å². The molecule has 0 bridgehead atoms. The van der Waals surface area contributed by atoms with E-state index in [1.54, 1.807) is 24.8 Å². The molecule has 0 spiro atoms. The smallest absolute Gasteiger partial charge is 0.170 e. The predicted molar refractivity (Wildman–Crippen MR) is 99.1 cm³/mol. The van der Waals surface area contributed by atoms with Gasteiger partial charge in [-0.15, -0.1) is 10.2 Å². The van der Waals surface area contributed by atoms with Crippen molar-refractivity contribution in [2.24, 2.45) is 0 Å². The van der Waals surface area contributed by atoms with Crippen LogP contribution in [-0.2, 0) is 13.0 Å². The lowest BCUT2D eigenvalue weighted by Gasteiger charge is -2.13. The Hall–Kier alpha value is -3.48. The topological polar surface area (TPSA) is 64.3 Å². The molecule has 0 unspecified atom stereocenters. The average Bonchev–Trinajstić information content (AvgIpc) is 3.37. The summed E-state index contributed by atoms with van der Waals surface area (Å²) in [5.41, 5.74) is 4.29. The molecule has 5 rings (SSSR count). The molecule has 0 saturated carbocycles. The van der Waals surface area contributed by atoms with E-state index < -0.39 is 0 Å². The molecule has 0 atom stereocenters. The predicted octanol–water partition coefficient (Wildman–Crippen LogP) is 3.48. The lowest BCUT2D eigenvalue weighted by molar-refractivity contribution is 0.356. The fourth-order valence-electron chi connectivity index (χ4n) is 3.50. The summed E-state index contributed by atoms with van der Waals surface area (Å²) in [7, 11) is 0. The van der Waals surface area contributed by atoms with E-state index in [-0.39, 0.29) is 5.82 Å². The van der Waals surface area contributed by atoms with Gasteiger partial charge in [0.1, 0.15) is 23.7 Å². The summed E-state index contributed by atoms with van der Waals surface area (Å²) in [6, 6.07) is 10.9. The first-order valence-corrected chi connectivity index (χ1v) is 8.71. The van der Waals surface area contributed by atoms with E-state index in [0.717, 1.165) is 40.3 Å². The van der Waals surface area contributed by atoms with Gasteiger partial charge in [-0.3, -0.25) is 9.38 Å². The maximum absolute atomic E-state index is 14.4. The highest BCUT2D eigenvalue weighted by Crippen LogP contribution is 2.31. The zero-order valence-corrected chi connectivity index (χ0v) is 14.4. The monoisotopic (exact) mass is 361 g/mol. The van der Waals surface area contributed by atoms with Crippen LogP contribution in [0, 0.1) is 5.82 Å². The van der Waals surface area contributed by atoms with Crippen molar-refractivity contribution in [2.75, 3.05) is 11.9 Å². The SMILES string of the molecule is Fc1ccc2c(c1CNc1ccc(-c3ccncc3)c3nncn13)CCO2. The quantitative estimate of drug-likeness (QED) is 0.603. The van der Waals surface area contributed by atoms with Gasteiger partial charge < -0.3 is 10.1 Å². The minimum absolute atomic E-state index is 0.222. The number of rotatable bonds is 4. The van der Waals surface area contributed by atoms with E-state index in [1.807, 2.05) is 28.7 Å². The number of nitrogens with zero attached hydrogens (tertiary/aromatic N) is 4. The van der Waals surface area contributed by atoms with Crippen molar-refractivity contribution in [3.05, 3.63) is 72.1 Å². The van der Waals surface area contributed by atoms with Crippen molar-refractivity contribution in [1.82, 2.24) is 19.6 Å². The standard InChI is InChI=1S/C20H16FN5O/c21-17-2-3-18-15(7-10-27-18)16(17)11-23-19-4-1-14(13-5-8-22-9-6-13)20-25-24-12-26(19)20/h1-6,8-9,12,23H,7,10-11H2. The molecule has 1 aromatic carbocycles. The average molecular weight is 361 g/mol. The largest absolute Gasteiger partial charge is 0.493 e. The molecule has 0 amide bonds. The lowest BCUT2D eigenvalue weighted by Crippen LogP contribution is -2.08. The van der Waals surface area contributed by atoms with Gasteiger partial charge in [0.25, 0.3) is 0 Å². The van der Waals surface area contributed by atoms with Crippen LogP contribution >= 0.6 is 0 Å².